The van der Waals surface area contributed by atoms with Crippen molar-refractivity contribution in [1.29, 1.82) is 0 Å². The fourth-order valence-electron chi connectivity index (χ4n) is 0.698. The van der Waals surface area contributed by atoms with Gasteiger partial charge >= 0.3 is 0 Å². The lowest BCUT2D eigenvalue weighted by atomic mass is 10.4. The van der Waals surface area contributed by atoms with Crippen molar-refractivity contribution in [2.75, 3.05) is 6.26 Å². The summed E-state index contributed by atoms with van der Waals surface area (Å²) < 4.78 is 0. The normalized spacial score (nSPS) is 11.6. The Morgan fingerprint density at radius 1 is 1.58 bits per heavy atom. The number of thioether (sulfide) groups is 1. The molecule has 0 unspecified atom stereocenters. The van der Waals surface area contributed by atoms with Crippen molar-refractivity contribution in [3.8, 4) is 0 Å². The minimum atomic E-state index is -0.0209. The summed E-state index contributed by atoms with van der Waals surface area (Å²) in [6.07, 6.45) is 4.89. The highest BCUT2D eigenvalue weighted by Crippen LogP contribution is 2.13. The van der Waals surface area contributed by atoms with E-state index in [1.165, 1.54) is 18.0 Å². The second-order valence-corrected chi connectivity index (χ2v) is 2.69. The van der Waals surface area contributed by atoms with Crippen LogP contribution in [0.15, 0.2) is 22.6 Å². The minimum Gasteiger partial charge on any atom is -0.409 e. The molecular formula is C6H8N4OS. The van der Waals surface area contributed by atoms with Crippen molar-refractivity contribution >= 4 is 17.6 Å². The Balaban J connectivity index is 3.13. The first kappa shape index (κ1) is 8.79. The number of hydrogen-bond acceptors (Lipinski definition) is 5. The van der Waals surface area contributed by atoms with Crippen molar-refractivity contribution in [2.24, 2.45) is 10.9 Å². The van der Waals surface area contributed by atoms with Crippen LogP contribution in [0.5, 0.6) is 0 Å². The van der Waals surface area contributed by atoms with Crippen molar-refractivity contribution in [3.05, 3.63) is 18.1 Å². The van der Waals surface area contributed by atoms with Crippen molar-refractivity contribution in [2.45, 2.75) is 5.03 Å². The Morgan fingerprint density at radius 3 is 2.83 bits per heavy atom. The number of nitrogens with two attached hydrogens (primary N) is 1. The molecule has 6 heteroatoms. The Morgan fingerprint density at radius 2 is 2.25 bits per heavy atom. The lowest BCUT2D eigenvalue weighted by Crippen LogP contribution is -2.16. The largest absolute Gasteiger partial charge is 0.409 e. The molecule has 0 radical (unpaired) electrons. The highest BCUT2D eigenvalue weighted by atomic mass is 32.2. The quantitative estimate of drug-likeness (QED) is 0.227. The molecule has 3 N–H and O–H groups in total. The van der Waals surface area contributed by atoms with Crippen LogP contribution < -0.4 is 5.73 Å². The van der Waals surface area contributed by atoms with Crippen molar-refractivity contribution in [3.63, 3.8) is 0 Å². The van der Waals surface area contributed by atoms with Gasteiger partial charge in [0.15, 0.2) is 5.84 Å². The number of amidine groups is 1. The van der Waals surface area contributed by atoms with Crippen LogP contribution in [0, 0.1) is 0 Å². The summed E-state index contributed by atoms with van der Waals surface area (Å²) in [5, 5.41) is 11.9. The highest BCUT2D eigenvalue weighted by molar-refractivity contribution is 7.98. The van der Waals surface area contributed by atoms with Crippen LogP contribution in [0.1, 0.15) is 5.69 Å². The van der Waals surface area contributed by atoms with Gasteiger partial charge in [-0.25, -0.2) is 9.97 Å². The molecule has 1 rings (SSSR count). The predicted molar refractivity (Wildman–Crippen MR) is 46.3 cm³/mol. The van der Waals surface area contributed by atoms with E-state index in [1.54, 1.807) is 6.20 Å². The summed E-state index contributed by atoms with van der Waals surface area (Å²) in [5.41, 5.74) is 5.76. The topological polar surface area (TPSA) is 84.4 Å². The van der Waals surface area contributed by atoms with E-state index in [1.807, 2.05) is 6.26 Å². The average Bonchev–Trinajstić information content (AvgIpc) is 2.16. The Bertz CT molecular complexity index is 301. The Kier molecular flexibility index (Phi) is 2.87. The third-order valence-electron chi connectivity index (χ3n) is 1.21. The second kappa shape index (κ2) is 3.91. The third-order valence-corrected chi connectivity index (χ3v) is 1.89. The van der Waals surface area contributed by atoms with Gasteiger partial charge in [-0.15, -0.1) is 11.8 Å². The van der Waals surface area contributed by atoms with E-state index in [-0.39, 0.29) is 5.84 Å². The van der Waals surface area contributed by atoms with Crippen LogP contribution >= 0.6 is 11.8 Å². The Hall–Kier alpha value is -1.30. The Labute approximate surface area is 73.7 Å². The monoisotopic (exact) mass is 184 g/mol. The molecule has 64 valence electrons. The molecular weight excluding hydrogens is 176 g/mol. The minimum absolute atomic E-state index is 0.0209. The van der Waals surface area contributed by atoms with Crippen LogP contribution in [0.4, 0.5) is 0 Å². The first-order chi connectivity index (χ1) is 5.79. The van der Waals surface area contributed by atoms with E-state index in [2.05, 4.69) is 15.1 Å². The molecule has 0 amide bonds. The molecule has 0 aliphatic heterocycles. The molecule has 0 atom stereocenters. The molecule has 1 heterocycles. The van der Waals surface area contributed by atoms with Gasteiger partial charge in [0, 0.05) is 12.4 Å². The molecule has 0 aliphatic carbocycles. The van der Waals surface area contributed by atoms with Crippen molar-refractivity contribution in [1.82, 2.24) is 9.97 Å². The van der Waals surface area contributed by atoms with Gasteiger partial charge < -0.3 is 10.9 Å². The van der Waals surface area contributed by atoms with Gasteiger partial charge in [-0.1, -0.05) is 5.16 Å². The molecule has 0 spiro atoms. The zero-order valence-electron chi connectivity index (χ0n) is 6.43. The zero-order valence-corrected chi connectivity index (χ0v) is 7.25. The maximum absolute atomic E-state index is 8.39. The molecule has 0 aliphatic rings. The molecule has 0 saturated carbocycles. The highest BCUT2D eigenvalue weighted by Gasteiger charge is 2.07. The van der Waals surface area contributed by atoms with Gasteiger partial charge in [-0.3, -0.25) is 0 Å². The fourth-order valence-corrected chi connectivity index (χ4v) is 1.21. The fraction of sp³-hybridized carbons (Fsp3) is 0.167. The summed E-state index contributed by atoms with van der Waals surface area (Å²) in [7, 11) is 0. The van der Waals surface area contributed by atoms with E-state index < -0.39 is 0 Å². The molecule has 0 aromatic carbocycles. The summed E-state index contributed by atoms with van der Waals surface area (Å²) in [5.74, 6) is -0.0209. The molecule has 5 nitrogen and oxygen atoms in total. The van der Waals surface area contributed by atoms with Gasteiger partial charge in [-0.2, -0.15) is 0 Å². The van der Waals surface area contributed by atoms with Crippen LogP contribution in [0.25, 0.3) is 0 Å². The second-order valence-electron chi connectivity index (χ2n) is 1.90. The van der Waals surface area contributed by atoms with E-state index >= 15 is 0 Å². The van der Waals surface area contributed by atoms with E-state index in [9.17, 15) is 0 Å². The molecule has 12 heavy (non-hydrogen) atoms. The summed E-state index contributed by atoms with van der Waals surface area (Å²) in [4.78, 5) is 7.92. The number of nitrogens with zero attached hydrogens (tertiary/aromatic N) is 3. The van der Waals surface area contributed by atoms with Crippen LogP contribution in [0.2, 0.25) is 0 Å². The van der Waals surface area contributed by atoms with E-state index in [4.69, 9.17) is 10.9 Å². The maximum Gasteiger partial charge on any atom is 0.191 e. The maximum atomic E-state index is 8.39. The lowest BCUT2D eigenvalue weighted by Gasteiger charge is -2.00. The van der Waals surface area contributed by atoms with Gasteiger partial charge in [0.2, 0.25) is 0 Å². The van der Waals surface area contributed by atoms with E-state index in [0.717, 1.165) is 0 Å². The van der Waals surface area contributed by atoms with Crippen LogP contribution in [-0.4, -0.2) is 27.3 Å². The first-order valence-electron chi connectivity index (χ1n) is 3.12. The average molecular weight is 184 g/mol. The number of hydrogen-bond donors (Lipinski definition) is 2. The molecule has 0 saturated heterocycles. The molecule has 1 aromatic heterocycles. The lowest BCUT2D eigenvalue weighted by molar-refractivity contribution is 0.318. The predicted octanol–water partition coefficient (Wildman–Crippen LogP) is 0.293. The van der Waals surface area contributed by atoms with Gasteiger partial charge in [-0.05, 0) is 6.26 Å². The van der Waals surface area contributed by atoms with Crippen LogP contribution in [0.3, 0.4) is 0 Å². The molecule has 1 aromatic rings. The van der Waals surface area contributed by atoms with E-state index in [0.29, 0.717) is 10.7 Å². The summed E-state index contributed by atoms with van der Waals surface area (Å²) >= 11 is 1.39. The standard InChI is InChI=1S/C6H8N4OS/c1-12-6-4(5(7)10-11)8-2-3-9-6/h2-3,11H,1H3,(H2,7,10). The number of rotatable bonds is 2. The SMILES string of the molecule is CSc1nccnc1/C(N)=N/O. The van der Waals surface area contributed by atoms with Crippen molar-refractivity contribution < 1.29 is 5.21 Å². The number of aromatic nitrogens is 2. The van der Waals surface area contributed by atoms with Gasteiger partial charge in [0.05, 0.1) is 0 Å². The van der Waals surface area contributed by atoms with Gasteiger partial charge in [0.1, 0.15) is 10.7 Å². The number of oxime groups is 1. The molecule has 0 bridgehead atoms. The smallest absolute Gasteiger partial charge is 0.191 e. The molecule has 0 fully saturated rings. The third kappa shape index (κ3) is 1.65. The summed E-state index contributed by atoms with van der Waals surface area (Å²) in [6.45, 7) is 0. The van der Waals surface area contributed by atoms with Gasteiger partial charge in [0.25, 0.3) is 0 Å². The first-order valence-corrected chi connectivity index (χ1v) is 4.35. The summed E-state index contributed by atoms with van der Waals surface area (Å²) in [6, 6.07) is 0. The van der Waals surface area contributed by atoms with Crippen LogP contribution in [-0.2, 0) is 0 Å². The zero-order chi connectivity index (χ0) is 8.97.